The van der Waals surface area contributed by atoms with E-state index >= 15 is 0 Å². The van der Waals surface area contributed by atoms with Crippen molar-refractivity contribution in [2.24, 2.45) is 0 Å². The molecule has 1 aliphatic carbocycles. The van der Waals surface area contributed by atoms with E-state index in [2.05, 4.69) is 311 Å². The fourth-order valence-corrected chi connectivity index (χ4v) is 14.5. The lowest BCUT2D eigenvalue weighted by atomic mass is 9.33. The topological polar surface area (TPSA) is 9.72 Å². The Morgan fingerprint density at radius 3 is 1.37 bits per heavy atom. The maximum absolute atomic E-state index is 2.74. The van der Waals surface area contributed by atoms with E-state index in [0.717, 1.165) is 29.9 Å². The van der Waals surface area contributed by atoms with Gasteiger partial charge in [0.25, 0.3) is 6.71 Å². The molecule has 0 unspecified atom stereocenters. The summed E-state index contributed by atoms with van der Waals surface area (Å²) in [4.78, 5) is 8.01. The van der Waals surface area contributed by atoms with E-state index in [1.54, 1.807) is 0 Å². The van der Waals surface area contributed by atoms with E-state index in [1.807, 2.05) is 0 Å². The Morgan fingerprint density at radius 2 is 0.857 bits per heavy atom. The summed E-state index contributed by atoms with van der Waals surface area (Å²) in [5.74, 6) is 0. The molecule has 0 spiro atoms. The first kappa shape index (κ1) is 57.2. The zero-order valence-corrected chi connectivity index (χ0v) is 54.3. The van der Waals surface area contributed by atoms with Gasteiger partial charge in [-0.05, 0) is 210 Å². The van der Waals surface area contributed by atoms with Crippen LogP contribution in [0.5, 0.6) is 0 Å². The van der Waals surface area contributed by atoms with Crippen molar-refractivity contribution in [3.63, 3.8) is 0 Å². The highest BCUT2D eigenvalue weighted by atomic mass is 15.2. The van der Waals surface area contributed by atoms with Crippen molar-refractivity contribution in [2.45, 2.75) is 184 Å². The molecule has 0 bridgehead atoms. The Morgan fingerprint density at radius 1 is 0.405 bits per heavy atom. The molecule has 12 rings (SSSR count). The van der Waals surface area contributed by atoms with Gasteiger partial charge in [0.1, 0.15) is 0 Å². The van der Waals surface area contributed by atoms with Crippen LogP contribution < -0.4 is 31.1 Å². The third kappa shape index (κ3) is 9.50. The fourth-order valence-electron chi connectivity index (χ4n) is 14.5. The number of rotatable bonds is 6. The van der Waals surface area contributed by atoms with E-state index in [1.165, 1.54) is 128 Å². The third-order valence-electron chi connectivity index (χ3n) is 19.5. The zero-order valence-electron chi connectivity index (χ0n) is 54.3. The Labute approximate surface area is 505 Å². The van der Waals surface area contributed by atoms with Crippen molar-refractivity contribution < 1.29 is 0 Å². The van der Waals surface area contributed by atoms with Gasteiger partial charge in [-0.3, -0.25) is 0 Å². The number of aryl methyl sites for hydroxylation is 4. The highest BCUT2D eigenvalue weighted by Crippen LogP contribution is 2.54. The molecule has 2 heterocycles. The van der Waals surface area contributed by atoms with Crippen molar-refractivity contribution in [3.8, 4) is 11.1 Å². The van der Waals surface area contributed by atoms with Gasteiger partial charge in [0, 0.05) is 39.7 Å². The molecule has 3 nitrogen and oxygen atoms in total. The molecular formula is C80H90BN3. The summed E-state index contributed by atoms with van der Waals surface area (Å²) in [6.07, 6.45) is 2.29. The van der Waals surface area contributed by atoms with Crippen LogP contribution in [-0.2, 0) is 32.5 Å². The van der Waals surface area contributed by atoms with E-state index < -0.39 is 0 Å². The summed E-state index contributed by atoms with van der Waals surface area (Å²) in [6, 6.07) is 62.1. The average Bonchev–Trinajstić information content (AvgIpc) is 0.797. The van der Waals surface area contributed by atoms with Gasteiger partial charge >= 0.3 is 0 Å². The number of nitrogens with zero attached hydrogens (tertiary/aromatic N) is 3. The second kappa shape index (κ2) is 19.6. The number of hydrogen-bond donors (Lipinski definition) is 0. The minimum absolute atomic E-state index is 0.000125. The molecule has 84 heavy (non-hydrogen) atoms. The molecule has 0 aromatic heterocycles. The molecule has 2 aliphatic heterocycles. The largest absolute Gasteiger partial charge is 0.311 e. The molecule has 0 N–H and O–H groups in total. The first-order valence-corrected chi connectivity index (χ1v) is 31.2. The normalized spacial score (nSPS) is 15.4. The Balaban J connectivity index is 1.23. The molecule has 9 aromatic carbocycles. The Kier molecular flexibility index (Phi) is 13.4. The molecule has 0 atom stereocenters. The predicted molar refractivity (Wildman–Crippen MR) is 367 cm³/mol. The van der Waals surface area contributed by atoms with E-state index in [0.29, 0.717) is 0 Å². The Bertz CT molecular complexity index is 4060. The standard InChI is InChI=1S/C80H90BN3/c1-49-40-56(76(8,9)10)41-50(2)73(49)83-67-46-60(82(59-33-31-55(32-34-59)75(5,6)7)66-37-30-53-26-24-25-29-61(53)71(66)54-27-22-21-23-28-54)35-36-64(67)81-65-47-62-63(80(19,20)39-38-79(62,17)18)48-68(65)84(70-45-58(78(14,15)16)44-69(83)72(70)81)74-51(3)42-57(43-52(74)4)77(11,12)13/h21-37,40-48H,38-39H2,1-20H3. The van der Waals surface area contributed by atoms with Crippen LogP contribution >= 0.6 is 0 Å². The first-order chi connectivity index (χ1) is 39.3. The molecule has 0 radical (unpaired) electrons. The van der Waals surface area contributed by atoms with Gasteiger partial charge < -0.3 is 14.7 Å². The van der Waals surface area contributed by atoms with Crippen LogP contribution in [0.25, 0.3) is 21.9 Å². The maximum Gasteiger partial charge on any atom is 0.252 e. The van der Waals surface area contributed by atoms with Crippen molar-refractivity contribution >= 4 is 85.1 Å². The molecular weight excluding hydrogens is 1010 g/mol. The fraction of sp³-hybridized carbons (Fsp3) is 0.350. The van der Waals surface area contributed by atoms with Crippen molar-refractivity contribution in [2.75, 3.05) is 14.7 Å². The monoisotopic (exact) mass is 1100 g/mol. The minimum Gasteiger partial charge on any atom is -0.311 e. The molecule has 9 aromatic rings. The molecule has 3 aliphatic rings. The quantitative estimate of drug-likeness (QED) is 0.154. The van der Waals surface area contributed by atoms with Gasteiger partial charge in [-0.1, -0.05) is 220 Å². The summed E-state index contributed by atoms with van der Waals surface area (Å²) < 4.78 is 0. The van der Waals surface area contributed by atoms with Crippen LogP contribution in [0.2, 0.25) is 0 Å². The lowest BCUT2D eigenvalue weighted by Crippen LogP contribution is -2.62. The molecule has 0 saturated carbocycles. The second-order valence-corrected chi connectivity index (χ2v) is 30.8. The molecule has 0 fully saturated rings. The van der Waals surface area contributed by atoms with Crippen molar-refractivity contribution in [1.82, 2.24) is 0 Å². The van der Waals surface area contributed by atoms with Crippen LogP contribution in [0.1, 0.15) is 179 Å². The van der Waals surface area contributed by atoms with Gasteiger partial charge in [0.2, 0.25) is 0 Å². The van der Waals surface area contributed by atoms with E-state index in [4.69, 9.17) is 0 Å². The number of fused-ring (bicyclic) bond motifs is 6. The summed E-state index contributed by atoms with van der Waals surface area (Å²) in [7, 11) is 0. The number of benzene rings is 9. The van der Waals surface area contributed by atoms with Gasteiger partial charge in [-0.2, -0.15) is 0 Å². The van der Waals surface area contributed by atoms with E-state index in [-0.39, 0.29) is 39.2 Å². The van der Waals surface area contributed by atoms with Gasteiger partial charge in [0.15, 0.2) is 0 Å². The molecule has 0 amide bonds. The third-order valence-corrected chi connectivity index (χ3v) is 19.5. The van der Waals surface area contributed by atoms with Crippen molar-refractivity contribution in [1.29, 1.82) is 0 Å². The lowest BCUT2D eigenvalue weighted by Gasteiger charge is -2.48. The summed E-state index contributed by atoms with van der Waals surface area (Å²) in [5.41, 5.74) is 30.7. The molecule has 4 heteroatoms. The summed E-state index contributed by atoms with van der Waals surface area (Å²) in [5, 5.41) is 2.45. The SMILES string of the molecule is Cc1cc(C(C)(C)C)cc(C)c1N1c2cc(N(c3ccc(C(C)(C)C)cc3)c3ccc4ccccc4c3-c3ccccc3)ccc2B2c3cc4c(cc3N(c3c(C)cc(C(C)(C)C)cc3C)c3cc(C(C)(C)C)cc1c32)C(C)(C)CCC4(C)C. The molecule has 0 saturated heterocycles. The van der Waals surface area contributed by atoms with Gasteiger partial charge in [0.05, 0.1) is 17.1 Å². The highest BCUT2D eigenvalue weighted by Gasteiger charge is 2.48. The average molecular weight is 1100 g/mol. The predicted octanol–water partition coefficient (Wildman–Crippen LogP) is 20.8. The highest BCUT2D eigenvalue weighted by molar-refractivity contribution is 7.00. The minimum atomic E-state index is -0.178. The van der Waals surface area contributed by atoms with Crippen LogP contribution in [0.3, 0.4) is 0 Å². The number of hydrogen-bond acceptors (Lipinski definition) is 3. The second-order valence-electron chi connectivity index (χ2n) is 30.8. The van der Waals surface area contributed by atoms with Crippen molar-refractivity contribution in [3.05, 3.63) is 213 Å². The maximum atomic E-state index is 2.74. The van der Waals surface area contributed by atoms with Crippen LogP contribution in [0.4, 0.5) is 51.2 Å². The van der Waals surface area contributed by atoms with Crippen LogP contribution in [-0.4, -0.2) is 6.71 Å². The molecule has 428 valence electrons. The lowest BCUT2D eigenvalue weighted by molar-refractivity contribution is 0.332. The van der Waals surface area contributed by atoms with Gasteiger partial charge in [-0.15, -0.1) is 0 Å². The smallest absolute Gasteiger partial charge is 0.252 e. The summed E-state index contributed by atoms with van der Waals surface area (Å²) in [6.45, 7) is 47.6. The first-order valence-electron chi connectivity index (χ1n) is 31.2. The number of anilines is 9. The summed E-state index contributed by atoms with van der Waals surface area (Å²) >= 11 is 0. The zero-order chi connectivity index (χ0) is 60.1. The van der Waals surface area contributed by atoms with Crippen LogP contribution in [0.15, 0.2) is 158 Å². The van der Waals surface area contributed by atoms with E-state index in [9.17, 15) is 0 Å². The van der Waals surface area contributed by atoms with Gasteiger partial charge in [-0.25, -0.2) is 0 Å². The van der Waals surface area contributed by atoms with Crippen LogP contribution in [0, 0.1) is 27.7 Å². The Hall–Kier alpha value is -7.30.